The monoisotopic (exact) mass is 656 g/mol. The number of carboxylic acid groups (broad SMARTS) is 2. The molecule has 0 amide bonds. The molecule has 0 atom stereocenters. The first-order chi connectivity index (χ1) is 21.4. The zero-order valence-electron chi connectivity index (χ0n) is 25.5. The predicted molar refractivity (Wildman–Crippen MR) is 178 cm³/mol. The molecule has 0 aliphatic rings. The summed E-state index contributed by atoms with van der Waals surface area (Å²) in [7, 11) is 0. The summed E-state index contributed by atoms with van der Waals surface area (Å²) in [4.78, 5) is 22.0. The van der Waals surface area contributed by atoms with Crippen molar-refractivity contribution in [2.24, 2.45) is 0 Å². The molecule has 0 bridgehead atoms. The first-order valence-corrected chi connectivity index (χ1v) is 15.3. The number of anilines is 4. The van der Waals surface area contributed by atoms with Crippen LogP contribution in [0.3, 0.4) is 0 Å². The van der Waals surface area contributed by atoms with Crippen molar-refractivity contribution >= 4 is 57.9 Å². The Hall–Kier alpha value is -4.14. The van der Waals surface area contributed by atoms with Crippen molar-refractivity contribution in [3.8, 4) is 0 Å². The molecule has 0 fully saturated rings. The summed E-state index contributed by atoms with van der Waals surface area (Å²) in [5.74, 6) is -2.66. The highest BCUT2D eigenvalue weighted by Crippen LogP contribution is 2.31. The minimum absolute atomic E-state index is 0.119. The highest BCUT2D eigenvalue weighted by molar-refractivity contribution is 6.31. The van der Waals surface area contributed by atoms with Gasteiger partial charge >= 0.3 is 11.9 Å². The van der Waals surface area contributed by atoms with Crippen LogP contribution < -0.4 is 10.6 Å². The lowest BCUT2D eigenvalue weighted by molar-refractivity contribution is -0.137. The van der Waals surface area contributed by atoms with E-state index in [0.717, 1.165) is 17.5 Å². The Kier molecular flexibility index (Phi) is 12.8. The van der Waals surface area contributed by atoms with E-state index in [1.165, 1.54) is 0 Å². The Morgan fingerprint density at radius 2 is 1.07 bits per heavy atom. The van der Waals surface area contributed by atoms with Gasteiger partial charge in [-0.3, -0.25) is 9.59 Å². The fraction of sp³-hybridized carbons (Fsp3) is 0.257. The second-order valence-corrected chi connectivity index (χ2v) is 11.2. The minimum atomic E-state index is -0.931. The van der Waals surface area contributed by atoms with Gasteiger partial charge in [0.2, 0.25) is 0 Å². The molecule has 0 aliphatic heterocycles. The van der Waals surface area contributed by atoms with E-state index in [-0.39, 0.29) is 18.5 Å². The van der Waals surface area contributed by atoms with Gasteiger partial charge in [0.1, 0.15) is 0 Å². The van der Waals surface area contributed by atoms with Crippen LogP contribution in [0.15, 0.2) is 60.7 Å². The maximum atomic E-state index is 14.5. The Labute approximate surface area is 272 Å². The average molecular weight is 658 g/mol. The van der Waals surface area contributed by atoms with Crippen molar-refractivity contribution in [3.63, 3.8) is 0 Å². The summed E-state index contributed by atoms with van der Waals surface area (Å²) >= 11 is 12.0. The molecule has 45 heavy (non-hydrogen) atoms. The van der Waals surface area contributed by atoms with E-state index in [2.05, 4.69) is 10.6 Å². The number of carbonyl (C=O) groups is 2. The van der Waals surface area contributed by atoms with Gasteiger partial charge in [0, 0.05) is 32.5 Å². The number of nitrogens with one attached hydrogen (secondary N) is 2. The molecule has 4 N–H and O–H groups in total. The molecule has 0 aliphatic carbocycles. The van der Waals surface area contributed by atoms with Crippen LogP contribution >= 0.6 is 23.2 Å². The summed E-state index contributed by atoms with van der Waals surface area (Å²) in [5.41, 5.74) is 5.87. The van der Waals surface area contributed by atoms with Gasteiger partial charge in [-0.05, 0) is 79.3 Å². The van der Waals surface area contributed by atoms with Crippen LogP contribution in [0.2, 0.25) is 10.0 Å². The van der Waals surface area contributed by atoms with Crippen molar-refractivity contribution in [1.82, 2.24) is 0 Å². The number of carboxylic acids is 2. The van der Waals surface area contributed by atoms with Crippen LogP contribution in [0, 0.1) is 18.6 Å². The SMILES string of the molecule is CCc1c(Cl)ccc(Nc2ccc(C)cc2CC(=O)O)c1F.CCc1ccc(Nc2ccc(Cl)c(CC)c2F)c(CC(=O)O)c1. The molecule has 4 aromatic carbocycles. The summed E-state index contributed by atoms with van der Waals surface area (Å²) in [6.07, 6.45) is 1.53. The summed E-state index contributed by atoms with van der Waals surface area (Å²) in [6.45, 7) is 7.54. The molecular weight excluding hydrogens is 621 g/mol. The van der Waals surface area contributed by atoms with E-state index < -0.39 is 23.6 Å². The molecule has 0 radical (unpaired) electrons. The van der Waals surface area contributed by atoms with Gasteiger partial charge in [0.05, 0.1) is 24.2 Å². The fourth-order valence-electron chi connectivity index (χ4n) is 4.78. The molecular formula is C35H36Cl2F2N2O4. The Balaban J connectivity index is 0.000000246. The van der Waals surface area contributed by atoms with Crippen molar-refractivity contribution < 1.29 is 28.6 Å². The fourth-order valence-corrected chi connectivity index (χ4v) is 5.34. The van der Waals surface area contributed by atoms with E-state index in [4.69, 9.17) is 33.4 Å². The largest absolute Gasteiger partial charge is 0.481 e. The highest BCUT2D eigenvalue weighted by Gasteiger charge is 2.15. The highest BCUT2D eigenvalue weighted by atomic mass is 35.5. The smallest absolute Gasteiger partial charge is 0.307 e. The third kappa shape index (κ3) is 9.42. The average Bonchev–Trinajstić information content (AvgIpc) is 2.98. The topological polar surface area (TPSA) is 98.7 Å². The van der Waals surface area contributed by atoms with E-state index in [1.54, 1.807) is 42.5 Å². The third-order valence-corrected chi connectivity index (χ3v) is 7.85. The van der Waals surface area contributed by atoms with Gasteiger partial charge in [-0.1, -0.05) is 73.8 Å². The van der Waals surface area contributed by atoms with E-state index in [0.29, 0.717) is 62.2 Å². The van der Waals surface area contributed by atoms with Crippen molar-refractivity contribution in [3.05, 3.63) is 116 Å². The van der Waals surface area contributed by atoms with E-state index in [9.17, 15) is 18.4 Å². The summed E-state index contributed by atoms with van der Waals surface area (Å²) in [5, 5.41) is 24.8. The van der Waals surface area contributed by atoms with Crippen LogP contribution in [-0.4, -0.2) is 22.2 Å². The molecule has 0 unspecified atom stereocenters. The second kappa shape index (κ2) is 16.3. The third-order valence-electron chi connectivity index (χ3n) is 7.14. The number of halogens is 4. The molecule has 0 saturated heterocycles. The Bertz CT molecular complexity index is 1700. The molecule has 238 valence electrons. The maximum Gasteiger partial charge on any atom is 0.307 e. The Morgan fingerprint density at radius 1 is 0.644 bits per heavy atom. The molecule has 0 spiro atoms. The normalized spacial score (nSPS) is 10.6. The Morgan fingerprint density at radius 3 is 1.49 bits per heavy atom. The molecule has 0 aromatic heterocycles. The van der Waals surface area contributed by atoms with E-state index in [1.807, 2.05) is 45.9 Å². The van der Waals surface area contributed by atoms with Gasteiger partial charge in [0.25, 0.3) is 0 Å². The van der Waals surface area contributed by atoms with E-state index >= 15 is 0 Å². The van der Waals surface area contributed by atoms with Gasteiger partial charge < -0.3 is 20.8 Å². The van der Waals surface area contributed by atoms with Gasteiger partial charge in [-0.25, -0.2) is 8.78 Å². The number of benzene rings is 4. The first-order valence-electron chi connectivity index (χ1n) is 14.5. The minimum Gasteiger partial charge on any atom is -0.481 e. The summed E-state index contributed by atoms with van der Waals surface area (Å²) in [6, 6.07) is 17.3. The van der Waals surface area contributed by atoms with Crippen LogP contribution in [-0.2, 0) is 41.7 Å². The number of aryl methyl sites for hydroxylation is 2. The number of rotatable bonds is 11. The van der Waals surface area contributed by atoms with Crippen LogP contribution in [0.4, 0.5) is 31.5 Å². The lowest BCUT2D eigenvalue weighted by Crippen LogP contribution is -2.06. The van der Waals surface area contributed by atoms with Crippen molar-refractivity contribution in [2.75, 3.05) is 10.6 Å². The second-order valence-electron chi connectivity index (χ2n) is 10.4. The molecule has 4 rings (SSSR count). The number of hydrogen-bond donors (Lipinski definition) is 4. The molecule has 4 aromatic rings. The van der Waals surface area contributed by atoms with Crippen LogP contribution in [0.5, 0.6) is 0 Å². The summed E-state index contributed by atoms with van der Waals surface area (Å²) < 4.78 is 28.9. The zero-order valence-corrected chi connectivity index (χ0v) is 27.0. The molecule has 0 heterocycles. The molecule has 10 heteroatoms. The number of aliphatic carboxylic acids is 2. The lowest BCUT2D eigenvalue weighted by Gasteiger charge is -2.15. The quantitative estimate of drug-likeness (QED) is 0.128. The standard InChI is InChI=1S/C18H19ClFNO2.C17H17ClFNO2/c1-3-11-5-7-15(12(9-11)10-17(22)23)21-16-8-6-14(19)13(4-2)18(16)20;1-3-12-13(18)5-7-15(17(12)19)20-14-6-4-10(2)8-11(14)9-16(21)22/h5-9,21H,3-4,10H2,1-2H3,(H,22,23);4-8,20H,3,9H2,1-2H3,(H,21,22). The van der Waals surface area contributed by atoms with Gasteiger partial charge in [0.15, 0.2) is 11.6 Å². The zero-order chi connectivity index (χ0) is 33.3. The number of hydrogen-bond acceptors (Lipinski definition) is 4. The van der Waals surface area contributed by atoms with Crippen molar-refractivity contribution in [1.29, 1.82) is 0 Å². The van der Waals surface area contributed by atoms with Crippen LogP contribution in [0.25, 0.3) is 0 Å². The van der Waals surface area contributed by atoms with Crippen molar-refractivity contribution in [2.45, 2.75) is 59.8 Å². The lowest BCUT2D eigenvalue weighted by atomic mass is 10.0. The van der Waals surface area contributed by atoms with Gasteiger partial charge in [-0.15, -0.1) is 0 Å². The predicted octanol–water partition coefficient (Wildman–Crippen LogP) is 9.70. The molecule has 6 nitrogen and oxygen atoms in total. The first kappa shape index (κ1) is 35.3. The molecule has 0 saturated carbocycles. The van der Waals surface area contributed by atoms with Crippen LogP contribution in [0.1, 0.15) is 54.2 Å². The van der Waals surface area contributed by atoms with Gasteiger partial charge in [-0.2, -0.15) is 0 Å². The maximum absolute atomic E-state index is 14.5.